The van der Waals surface area contributed by atoms with Gasteiger partial charge in [0.2, 0.25) is 0 Å². The van der Waals surface area contributed by atoms with Crippen molar-refractivity contribution in [2.45, 2.75) is 38.8 Å². The number of aromatic nitrogens is 2. The van der Waals surface area contributed by atoms with Crippen LogP contribution in [0.1, 0.15) is 32.1 Å². The van der Waals surface area contributed by atoms with Crippen LogP contribution in [0.15, 0.2) is 22.7 Å². The zero-order valence-corrected chi connectivity index (χ0v) is 14.9. The number of alkyl halides is 1. The molecule has 2 atom stereocenters. The van der Waals surface area contributed by atoms with Crippen LogP contribution >= 0.6 is 27.5 Å². The zero-order valence-electron chi connectivity index (χ0n) is 12.6. The number of ether oxygens (including phenoxy) is 1. The predicted octanol–water partition coefficient (Wildman–Crippen LogP) is 4.57. The van der Waals surface area contributed by atoms with Crippen LogP contribution in [0.2, 0.25) is 0 Å². The summed E-state index contributed by atoms with van der Waals surface area (Å²) in [5, 5.41) is 0. The number of aryl methyl sites for hydroxylation is 1. The Morgan fingerprint density at radius 2 is 2.24 bits per heavy atom. The van der Waals surface area contributed by atoms with Crippen LogP contribution in [0.25, 0.3) is 11.0 Å². The van der Waals surface area contributed by atoms with Crippen molar-refractivity contribution in [3.8, 4) is 0 Å². The van der Waals surface area contributed by atoms with Gasteiger partial charge >= 0.3 is 0 Å². The maximum Gasteiger partial charge on any atom is 0.111 e. The molecule has 1 aromatic carbocycles. The van der Waals surface area contributed by atoms with Crippen molar-refractivity contribution >= 4 is 38.6 Å². The third kappa shape index (κ3) is 2.41. The molecular formula is C16H20BrClN2O. The fourth-order valence-electron chi connectivity index (χ4n) is 3.43. The summed E-state index contributed by atoms with van der Waals surface area (Å²) in [5.41, 5.74) is 2.32. The minimum atomic E-state index is 0.108. The van der Waals surface area contributed by atoms with Crippen molar-refractivity contribution in [3.05, 3.63) is 28.5 Å². The highest BCUT2D eigenvalue weighted by molar-refractivity contribution is 9.10. The number of fused-ring (bicyclic) bond motifs is 1. The Labute approximate surface area is 138 Å². The molecule has 0 saturated heterocycles. The van der Waals surface area contributed by atoms with Gasteiger partial charge in [-0.05, 0) is 24.6 Å². The molecule has 0 aliphatic heterocycles. The van der Waals surface area contributed by atoms with E-state index in [4.69, 9.17) is 21.3 Å². The monoisotopic (exact) mass is 370 g/mol. The summed E-state index contributed by atoms with van der Waals surface area (Å²) in [6, 6.07) is 6.69. The van der Waals surface area contributed by atoms with Crippen LogP contribution in [0.4, 0.5) is 0 Å². The topological polar surface area (TPSA) is 27.1 Å². The van der Waals surface area contributed by atoms with E-state index in [1.807, 2.05) is 0 Å². The van der Waals surface area contributed by atoms with E-state index in [-0.39, 0.29) is 5.41 Å². The molecule has 21 heavy (non-hydrogen) atoms. The summed E-state index contributed by atoms with van der Waals surface area (Å²) < 4.78 is 9.02. The van der Waals surface area contributed by atoms with Crippen molar-refractivity contribution in [3.63, 3.8) is 0 Å². The summed E-state index contributed by atoms with van der Waals surface area (Å²) in [6.07, 6.45) is 2.12. The van der Waals surface area contributed by atoms with Crippen LogP contribution in [0, 0.1) is 5.41 Å². The fraction of sp³-hybridized carbons (Fsp3) is 0.562. The first-order valence-electron chi connectivity index (χ1n) is 7.24. The Balaban J connectivity index is 2.10. The maximum absolute atomic E-state index is 5.97. The molecule has 1 heterocycles. The molecule has 1 aliphatic carbocycles. The fourth-order valence-corrected chi connectivity index (χ4v) is 3.95. The van der Waals surface area contributed by atoms with Gasteiger partial charge in [0.05, 0.1) is 17.1 Å². The third-order valence-corrected chi connectivity index (χ3v) is 5.45. The molecule has 1 fully saturated rings. The lowest BCUT2D eigenvalue weighted by atomic mass is 9.64. The number of halogens is 2. The van der Waals surface area contributed by atoms with Crippen molar-refractivity contribution in [2.75, 3.05) is 13.0 Å². The second-order valence-electron chi connectivity index (χ2n) is 6.27. The van der Waals surface area contributed by atoms with Gasteiger partial charge < -0.3 is 9.30 Å². The Bertz CT molecular complexity index is 668. The number of hydrogen-bond acceptors (Lipinski definition) is 2. The van der Waals surface area contributed by atoms with Crippen molar-refractivity contribution in [1.29, 1.82) is 0 Å². The lowest BCUT2D eigenvalue weighted by molar-refractivity contribution is -0.112. The SMILES string of the molecule is COC1CC(n2c(CCCl)nc3cc(Br)ccc32)C1(C)C. The average molecular weight is 372 g/mol. The van der Waals surface area contributed by atoms with Crippen molar-refractivity contribution in [1.82, 2.24) is 9.55 Å². The molecule has 0 radical (unpaired) electrons. The average Bonchev–Trinajstić information content (AvgIpc) is 2.76. The van der Waals surface area contributed by atoms with Gasteiger partial charge in [0.15, 0.2) is 0 Å². The Morgan fingerprint density at radius 3 is 2.86 bits per heavy atom. The summed E-state index contributed by atoms with van der Waals surface area (Å²) >= 11 is 9.49. The molecular weight excluding hydrogens is 352 g/mol. The van der Waals surface area contributed by atoms with E-state index in [0.717, 1.165) is 28.7 Å². The maximum atomic E-state index is 5.97. The molecule has 0 spiro atoms. The van der Waals surface area contributed by atoms with Gasteiger partial charge in [0, 0.05) is 35.3 Å². The Kier molecular flexibility index (Phi) is 4.06. The third-order valence-electron chi connectivity index (χ3n) is 4.76. The van der Waals surface area contributed by atoms with E-state index in [9.17, 15) is 0 Å². The highest BCUT2D eigenvalue weighted by Gasteiger charge is 2.50. The Hall–Kier alpha value is -0.580. The van der Waals surface area contributed by atoms with Crippen LogP contribution in [0.5, 0.6) is 0 Å². The molecule has 1 aliphatic rings. The predicted molar refractivity (Wildman–Crippen MR) is 90.1 cm³/mol. The van der Waals surface area contributed by atoms with Gasteiger partial charge in [0.25, 0.3) is 0 Å². The molecule has 1 saturated carbocycles. The highest BCUT2D eigenvalue weighted by atomic mass is 79.9. The van der Waals surface area contributed by atoms with Gasteiger partial charge in [-0.3, -0.25) is 0 Å². The van der Waals surface area contributed by atoms with E-state index in [1.54, 1.807) is 7.11 Å². The van der Waals surface area contributed by atoms with Crippen LogP contribution in [0.3, 0.4) is 0 Å². The molecule has 0 amide bonds. The molecule has 1 aromatic heterocycles. The number of methoxy groups -OCH3 is 1. The van der Waals surface area contributed by atoms with E-state index in [0.29, 0.717) is 18.0 Å². The van der Waals surface area contributed by atoms with Gasteiger partial charge in [-0.25, -0.2) is 4.98 Å². The molecule has 2 unspecified atom stereocenters. The molecule has 3 rings (SSSR count). The number of benzene rings is 1. The van der Waals surface area contributed by atoms with Gasteiger partial charge in [-0.15, -0.1) is 11.6 Å². The van der Waals surface area contributed by atoms with Gasteiger partial charge in [0.1, 0.15) is 5.82 Å². The molecule has 3 nitrogen and oxygen atoms in total. The number of rotatable bonds is 4. The molecule has 114 valence electrons. The van der Waals surface area contributed by atoms with E-state index < -0.39 is 0 Å². The number of imidazole rings is 1. The largest absolute Gasteiger partial charge is 0.381 e. The normalized spacial score (nSPS) is 24.2. The van der Waals surface area contributed by atoms with E-state index >= 15 is 0 Å². The summed E-state index contributed by atoms with van der Waals surface area (Å²) in [6.45, 7) is 4.54. The number of hydrogen-bond donors (Lipinski definition) is 0. The number of nitrogens with zero attached hydrogens (tertiary/aromatic N) is 2. The van der Waals surface area contributed by atoms with Gasteiger partial charge in [-0.1, -0.05) is 29.8 Å². The smallest absolute Gasteiger partial charge is 0.111 e. The van der Waals surface area contributed by atoms with Crippen molar-refractivity contribution < 1.29 is 4.74 Å². The van der Waals surface area contributed by atoms with Crippen LogP contribution in [-0.4, -0.2) is 28.6 Å². The highest BCUT2D eigenvalue weighted by Crippen LogP contribution is 2.52. The lowest BCUT2D eigenvalue weighted by Gasteiger charge is -2.52. The molecule has 5 heteroatoms. The summed E-state index contributed by atoms with van der Waals surface area (Å²) in [4.78, 5) is 4.79. The second-order valence-corrected chi connectivity index (χ2v) is 7.56. The first kappa shape index (κ1) is 15.3. The molecule has 0 N–H and O–H groups in total. The molecule has 2 aromatic rings. The molecule has 0 bridgehead atoms. The summed E-state index contributed by atoms with van der Waals surface area (Å²) in [7, 11) is 1.80. The van der Waals surface area contributed by atoms with Gasteiger partial charge in [-0.2, -0.15) is 0 Å². The minimum absolute atomic E-state index is 0.108. The van der Waals surface area contributed by atoms with Crippen LogP contribution in [-0.2, 0) is 11.2 Å². The first-order chi connectivity index (χ1) is 9.98. The van der Waals surface area contributed by atoms with E-state index in [1.165, 1.54) is 5.52 Å². The summed E-state index contributed by atoms with van der Waals surface area (Å²) in [5.74, 6) is 1.66. The second kappa shape index (κ2) is 5.56. The van der Waals surface area contributed by atoms with E-state index in [2.05, 4.69) is 52.5 Å². The van der Waals surface area contributed by atoms with Crippen molar-refractivity contribution in [2.24, 2.45) is 5.41 Å². The first-order valence-corrected chi connectivity index (χ1v) is 8.57. The standard InChI is InChI=1S/C16H20BrClN2O/c1-16(2)13(9-14(16)21-3)20-12-5-4-10(17)8-11(12)19-15(20)6-7-18/h4-5,8,13-14H,6-7,9H2,1-3H3. The zero-order chi connectivity index (χ0) is 15.2. The lowest BCUT2D eigenvalue weighted by Crippen LogP contribution is -2.51. The van der Waals surface area contributed by atoms with Crippen LogP contribution < -0.4 is 0 Å². The Morgan fingerprint density at radius 1 is 1.48 bits per heavy atom. The minimum Gasteiger partial charge on any atom is -0.381 e. The quantitative estimate of drug-likeness (QED) is 0.736.